The molecule has 1 aliphatic rings. The predicted molar refractivity (Wildman–Crippen MR) is 92.2 cm³/mol. The molecule has 1 aromatic rings. The third-order valence-electron chi connectivity index (χ3n) is 4.41. The van der Waals surface area contributed by atoms with Crippen LogP contribution in [0.1, 0.15) is 31.7 Å². The van der Waals surface area contributed by atoms with Crippen LogP contribution in [0.15, 0.2) is 29.3 Å². The summed E-state index contributed by atoms with van der Waals surface area (Å²) in [6.07, 6.45) is 4.48. The van der Waals surface area contributed by atoms with E-state index in [4.69, 9.17) is 4.74 Å². The first-order valence-corrected chi connectivity index (χ1v) is 8.44. The maximum atomic E-state index is 12.9. The minimum Gasteiger partial charge on any atom is -0.382 e. The van der Waals surface area contributed by atoms with Gasteiger partial charge in [0.05, 0.1) is 0 Å². The Morgan fingerprint density at radius 3 is 2.61 bits per heavy atom. The fraction of sp³-hybridized carbons (Fsp3) is 0.611. The fourth-order valence-electron chi connectivity index (χ4n) is 2.59. The van der Waals surface area contributed by atoms with Gasteiger partial charge in [-0.2, -0.15) is 0 Å². The van der Waals surface area contributed by atoms with Crippen molar-refractivity contribution in [1.82, 2.24) is 10.6 Å². The molecule has 0 heterocycles. The van der Waals surface area contributed by atoms with E-state index in [9.17, 15) is 4.39 Å². The van der Waals surface area contributed by atoms with Gasteiger partial charge in [-0.05, 0) is 55.7 Å². The second-order valence-corrected chi connectivity index (χ2v) is 6.18. The molecule has 0 aliphatic heterocycles. The first-order valence-electron chi connectivity index (χ1n) is 8.44. The van der Waals surface area contributed by atoms with Crippen molar-refractivity contribution in [3.05, 3.63) is 35.6 Å². The van der Waals surface area contributed by atoms with Crippen molar-refractivity contribution in [3.63, 3.8) is 0 Å². The van der Waals surface area contributed by atoms with Gasteiger partial charge in [-0.15, -0.1) is 0 Å². The highest BCUT2D eigenvalue weighted by atomic mass is 19.1. The van der Waals surface area contributed by atoms with Gasteiger partial charge in [0.2, 0.25) is 0 Å². The average molecular weight is 321 g/mol. The van der Waals surface area contributed by atoms with Gasteiger partial charge in [-0.1, -0.05) is 12.1 Å². The predicted octanol–water partition coefficient (Wildman–Crippen LogP) is 2.74. The summed E-state index contributed by atoms with van der Waals surface area (Å²) >= 11 is 0. The molecule has 0 spiro atoms. The summed E-state index contributed by atoms with van der Waals surface area (Å²) in [5, 5.41) is 6.73. The van der Waals surface area contributed by atoms with Gasteiger partial charge in [0.25, 0.3) is 0 Å². The molecule has 0 amide bonds. The van der Waals surface area contributed by atoms with Gasteiger partial charge in [-0.25, -0.2) is 4.39 Å². The van der Waals surface area contributed by atoms with Crippen molar-refractivity contribution in [3.8, 4) is 0 Å². The van der Waals surface area contributed by atoms with E-state index in [1.165, 1.54) is 25.0 Å². The van der Waals surface area contributed by atoms with Crippen LogP contribution in [-0.4, -0.2) is 39.3 Å². The fourth-order valence-corrected chi connectivity index (χ4v) is 2.59. The van der Waals surface area contributed by atoms with Gasteiger partial charge in [0, 0.05) is 33.4 Å². The van der Waals surface area contributed by atoms with Gasteiger partial charge in [-0.3, -0.25) is 4.99 Å². The van der Waals surface area contributed by atoms with Crippen LogP contribution in [0.25, 0.3) is 0 Å². The van der Waals surface area contributed by atoms with E-state index in [2.05, 4.69) is 15.6 Å². The van der Waals surface area contributed by atoms with E-state index in [1.807, 2.05) is 19.1 Å². The van der Waals surface area contributed by atoms with Crippen molar-refractivity contribution in [2.75, 3.05) is 33.4 Å². The Morgan fingerprint density at radius 1 is 1.26 bits per heavy atom. The summed E-state index contributed by atoms with van der Waals surface area (Å²) in [6, 6.07) is 6.63. The lowest BCUT2D eigenvalue weighted by Gasteiger charge is -2.18. The highest BCUT2D eigenvalue weighted by Crippen LogP contribution is 2.48. The van der Waals surface area contributed by atoms with Crippen LogP contribution in [0.5, 0.6) is 0 Å². The SMILES string of the molecule is CCOCCC1(CNC(=NC)NCCc2ccc(F)cc2)CC1. The summed E-state index contributed by atoms with van der Waals surface area (Å²) in [7, 11) is 1.78. The molecule has 2 rings (SSSR count). The molecule has 128 valence electrons. The van der Waals surface area contributed by atoms with Crippen molar-refractivity contribution in [2.24, 2.45) is 10.4 Å². The number of ether oxygens (including phenoxy) is 1. The quantitative estimate of drug-likeness (QED) is 0.418. The molecule has 23 heavy (non-hydrogen) atoms. The van der Waals surface area contributed by atoms with Crippen LogP contribution in [0.4, 0.5) is 4.39 Å². The Morgan fingerprint density at radius 2 is 2.00 bits per heavy atom. The van der Waals surface area contributed by atoms with E-state index < -0.39 is 0 Å². The topological polar surface area (TPSA) is 45.6 Å². The third-order valence-corrected chi connectivity index (χ3v) is 4.41. The third kappa shape index (κ3) is 6.18. The maximum Gasteiger partial charge on any atom is 0.191 e. The molecule has 1 fully saturated rings. The zero-order chi connectivity index (χ0) is 16.5. The molecule has 4 nitrogen and oxygen atoms in total. The Hall–Kier alpha value is -1.62. The van der Waals surface area contributed by atoms with Crippen LogP contribution < -0.4 is 10.6 Å². The lowest BCUT2D eigenvalue weighted by Crippen LogP contribution is -2.41. The number of hydrogen-bond acceptors (Lipinski definition) is 2. The Kier molecular flexibility index (Phi) is 6.84. The minimum atomic E-state index is -0.194. The second kappa shape index (κ2) is 8.87. The second-order valence-electron chi connectivity index (χ2n) is 6.18. The zero-order valence-electron chi connectivity index (χ0n) is 14.2. The van der Waals surface area contributed by atoms with Crippen molar-refractivity contribution >= 4 is 5.96 Å². The number of nitrogens with one attached hydrogen (secondary N) is 2. The number of halogens is 1. The maximum absolute atomic E-state index is 12.9. The molecular weight excluding hydrogens is 293 g/mol. The number of guanidine groups is 1. The normalized spacial score (nSPS) is 16.2. The monoisotopic (exact) mass is 321 g/mol. The zero-order valence-corrected chi connectivity index (χ0v) is 14.2. The molecular formula is C18H28FN3O. The first-order chi connectivity index (χ1) is 11.2. The number of rotatable bonds is 9. The van der Waals surface area contributed by atoms with E-state index >= 15 is 0 Å². The lowest BCUT2D eigenvalue weighted by molar-refractivity contribution is 0.128. The van der Waals surface area contributed by atoms with E-state index in [0.717, 1.165) is 50.7 Å². The summed E-state index contributed by atoms with van der Waals surface area (Å²) in [6.45, 7) is 5.38. The molecule has 0 atom stereocenters. The molecule has 1 saturated carbocycles. The van der Waals surface area contributed by atoms with Gasteiger partial charge >= 0.3 is 0 Å². The molecule has 0 saturated heterocycles. The van der Waals surface area contributed by atoms with Crippen LogP contribution >= 0.6 is 0 Å². The van der Waals surface area contributed by atoms with E-state index in [0.29, 0.717) is 5.41 Å². The van der Waals surface area contributed by atoms with Crippen molar-refractivity contribution in [2.45, 2.75) is 32.6 Å². The van der Waals surface area contributed by atoms with Gasteiger partial charge in [0.1, 0.15) is 5.82 Å². The van der Waals surface area contributed by atoms with Gasteiger partial charge in [0.15, 0.2) is 5.96 Å². The summed E-state index contributed by atoms with van der Waals surface area (Å²) < 4.78 is 18.3. The van der Waals surface area contributed by atoms with Crippen molar-refractivity contribution < 1.29 is 9.13 Å². The standard InChI is InChI=1S/C18H28FN3O/c1-3-23-13-11-18(9-10-18)14-22-17(20-2)21-12-8-15-4-6-16(19)7-5-15/h4-7H,3,8-14H2,1-2H3,(H2,20,21,22). The lowest BCUT2D eigenvalue weighted by atomic mass is 10.0. The van der Waals surface area contributed by atoms with Crippen LogP contribution in [-0.2, 0) is 11.2 Å². The Labute approximate surface area is 138 Å². The largest absolute Gasteiger partial charge is 0.382 e. The van der Waals surface area contributed by atoms with Crippen LogP contribution in [0.3, 0.4) is 0 Å². The molecule has 1 aliphatic carbocycles. The number of nitrogens with zero attached hydrogens (tertiary/aromatic N) is 1. The Bertz CT molecular complexity index is 497. The number of benzene rings is 1. The average Bonchev–Trinajstić information content (AvgIpc) is 3.33. The van der Waals surface area contributed by atoms with E-state index in [1.54, 1.807) is 7.05 Å². The summed E-state index contributed by atoms with van der Waals surface area (Å²) in [5.74, 6) is 0.635. The molecule has 1 aromatic carbocycles. The first kappa shape index (κ1) is 17.7. The molecule has 2 N–H and O–H groups in total. The smallest absolute Gasteiger partial charge is 0.191 e. The molecule has 5 heteroatoms. The summed E-state index contributed by atoms with van der Waals surface area (Å²) in [4.78, 5) is 4.26. The highest BCUT2D eigenvalue weighted by molar-refractivity contribution is 5.79. The number of aliphatic imine (C=N–C) groups is 1. The van der Waals surface area contributed by atoms with E-state index in [-0.39, 0.29) is 5.82 Å². The van der Waals surface area contributed by atoms with Crippen LogP contribution in [0.2, 0.25) is 0 Å². The summed E-state index contributed by atoms with van der Waals surface area (Å²) in [5.41, 5.74) is 1.51. The highest BCUT2D eigenvalue weighted by Gasteiger charge is 2.41. The molecule has 0 unspecified atom stereocenters. The van der Waals surface area contributed by atoms with Crippen molar-refractivity contribution in [1.29, 1.82) is 0 Å². The van der Waals surface area contributed by atoms with Crippen LogP contribution in [0, 0.1) is 11.2 Å². The molecule has 0 aromatic heterocycles. The minimum absolute atomic E-state index is 0.194. The van der Waals surface area contributed by atoms with Gasteiger partial charge < -0.3 is 15.4 Å². The molecule has 0 bridgehead atoms. The Balaban J connectivity index is 1.66. The molecule has 0 radical (unpaired) electrons. The number of hydrogen-bond donors (Lipinski definition) is 2.